The van der Waals surface area contributed by atoms with Gasteiger partial charge in [0.2, 0.25) is 5.28 Å². The summed E-state index contributed by atoms with van der Waals surface area (Å²) in [5.41, 5.74) is 1.43. The van der Waals surface area contributed by atoms with E-state index in [4.69, 9.17) is 16.0 Å². The van der Waals surface area contributed by atoms with Gasteiger partial charge >= 0.3 is 0 Å². The number of hydrogen-bond donors (Lipinski definition) is 1. The molecule has 110 valence electrons. The van der Waals surface area contributed by atoms with Gasteiger partial charge in [-0.05, 0) is 44.5 Å². The van der Waals surface area contributed by atoms with Crippen LogP contribution in [0.4, 0.5) is 5.82 Å². The summed E-state index contributed by atoms with van der Waals surface area (Å²) in [6, 6.07) is 4.10. The second kappa shape index (κ2) is 5.37. The van der Waals surface area contributed by atoms with Gasteiger partial charge in [0.1, 0.15) is 11.5 Å². The summed E-state index contributed by atoms with van der Waals surface area (Å²) in [6.07, 6.45) is 1.75. The number of fused-ring (bicyclic) bond motifs is 1. The lowest BCUT2D eigenvalue weighted by atomic mass is 10.4. The zero-order chi connectivity index (χ0) is 15.0. The minimum atomic E-state index is 0.197. The Labute approximate surface area is 127 Å². The average molecular weight is 306 g/mol. The van der Waals surface area contributed by atoms with Crippen LogP contribution in [0.25, 0.3) is 11.2 Å². The summed E-state index contributed by atoms with van der Waals surface area (Å²) in [6.45, 7) is 6.56. The highest BCUT2D eigenvalue weighted by atomic mass is 35.5. The minimum Gasteiger partial charge on any atom is -0.465 e. The van der Waals surface area contributed by atoms with Gasteiger partial charge < -0.3 is 14.3 Å². The maximum Gasteiger partial charge on any atom is 0.226 e. The zero-order valence-corrected chi connectivity index (χ0v) is 12.8. The van der Waals surface area contributed by atoms with Crippen LogP contribution in [0, 0.1) is 6.92 Å². The smallest absolute Gasteiger partial charge is 0.226 e. The van der Waals surface area contributed by atoms with Gasteiger partial charge in [-0.3, -0.25) is 0 Å². The van der Waals surface area contributed by atoms with Gasteiger partial charge in [-0.15, -0.1) is 0 Å². The predicted octanol–water partition coefficient (Wildman–Crippen LogP) is 3.57. The molecule has 3 heterocycles. The molecule has 3 aromatic rings. The molecule has 0 radical (unpaired) electrons. The molecular formula is C14H16ClN5O. The Bertz CT molecular complexity index is 777. The average Bonchev–Trinajstić information content (AvgIpc) is 3.02. The van der Waals surface area contributed by atoms with Crippen molar-refractivity contribution < 1.29 is 4.42 Å². The molecule has 1 N–H and O–H groups in total. The van der Waals surface area contributed by atoms with Crippen molar-refractivity contribution in [1.82, 2.24) is 19.5 Å². The van der Waals surface area contributed by atoms with Crippen LogP contribution in [0.15, 0.2) is 22.9 Å². The molecule has 0 aromatic carbocycles. The van der Waals surface area contributed by atoms with E-state index < -0.39 is 0 Å². The summed E-state index contributed by atoms with van der Waals surface area (Å²) < 4.78 is 7.49. The van der Waals surface area contributed by atoms with Crippen LogP contribution in [-0.2, 0) is 6.54 Å². The van der Waals surface area contributed by atoms with Crippen molar-refractivity contribution in [1.29, 1.82) is 0 Å². The van der Waals surface area contributed by atoms with Crippen LogP contribution >= 0.6 is 11.6 Å². The summed E-state index contributed by atoms with van der Waals surface area (Å²) in [5, 5.41) is 3.40. The Hall–Kier alpha value is -2.08. The van der Waals surface area contributed by atoms with Crippen molar-refractivity contribution in [2.24, 2.45) is 0 Å². The van der Waals surface area contributed by atoms with Crippen molar-refractivity contribution in [3.8, 4) is 0 Å². The number of halogens is 1. The number of aromatic nitrogens is 4. The molecule has 0 aliphatic carbocycles. The number of rotatable bonds is 4. The maximum atomic E-state index is 6.02. The van der Waals surface area contributed by atoms with Crippen molar-refractivity contribution in [2.75, 3.05) is 5.32 Å². The highest BCUT2D eigenvalue weighted by molar-refractivity contribution is 6.28. The van der Waals surface area contributed by atoms with Gasteiger partial charge in [-0.2, -0.15) is 9.97 Å². The van der Waals surface area contributed by atoms with Gasteiger partial charge in [0, 0.05) is 6.04 Å². The first-order chi connectivity index (χ1) is 10.0. The normalized spacial score (nSPS) is 11.5. The van der Waals surface area contributed by atoms with Crippen molar-refractivity contribution in [3.05, 3.63) is 35.3 Å². The molecule has 0 saturated carbocycles. The summed E-state index contributed by atoms with van der Waals surface area (Å²) in [5.74, 6) is 2.32. The first-order valence-corrected chi connectivity index (χ1v) is 7.11. The Kier molecular flexibility index (Phi) is 3.55. The lowest BCUT2D eigenvalue weighted by molar-refractivity contribution is 0.490. The van der Waals surface area contributed by atoms with Crippen LogP contribution < -0.4 is 5.32 Å². The molecule has 0 atom stereocenters. The molecule has 0 aliphatic rings. The van der Waals surface area contributed by atoms with Gasteiger partial charge in [0.15, 0.2) is 17.0 Å². The number of nitrogens with one attached hydrogen (secondary N) is 1. The van der Waals surface area contributed by atoms with Gasteiger partial charge in [0.25, 0.3) is 0 Å². The third-order valence-corrected chi connectivity index (χ3v) is 3.35. The van der Waals surface area contributed by atoms with E-state index in [1.165, 1.54) is 0 Å². The molecule has 21 heavy (non-hydrogen) atoms. The maximum absolute atomic E-state index is 6.02. The monoisotopic (exact) mass is 305 g/mol. The van der Waals surface area contributed by atoms with Gasteiger partial charge in [-0.1, -0.05) is 0 Å². The number of furan rings is 1. The Morgan fingerprint density at radius 1 is 1.33 bits per heavy atom. The molecule has 3 rings (SSSR count). The fraction of sp³-hybridized carbons (Fsp3) is 0.357. The first kappa shape index (κ1) is 13.9. The third kappa shape index (κ3) is 2.71. The van der Waals surface area contributed by atoms with E-state index in [0.29, 0.717) is 17.9 Å². The summed E-state index contributed by atoms with van der Waals surface area (Å²) >= 11 is 6.02. The summed E-state index contributed by atoms with van der Waals surface area (Å²) in [7, 11) is 0. The Morgan fingerprint density at radius 2 is 2.14 bits per heavy atom. The van der Waals surface area contributed by atoms with Gasteiger partial charge in [0.05, 0.1) is 12.9 Å². The van der Waals surface area contributed by atoms with Crippen LogP contribution in [0.2, 0.25) is 5.28 Å². The van der Waals surface area contributed by atoms with E-state index in [2.05, 4.69) is 34.1 Å². The lowest BCUT2D eigenvalue weighted by Crippen LogP contribution is -2.04. The molecule has 0 amide bonds. The van der Waals surface area contributed by atoms with Crippen molar-refractivity contribution >= 4 is 28.6 Å². The number of nitrogens with zero attached hydrogens (tertiary/aromatic N) is 4. The topological polar surface area (TPSA) is 68.8 Å². The largest absolute Gasteiger partial charge is 0.465 e. The first-order valence-electron chi connectivity index (χ1n) is 6.74. The van der Waals surface area contributed by atoms with E-state index in [-0.39, 0.29) is 11.3 Å². The molecule has 0 bridgehead atoms. The van der Waals surface area contributed by atoms with Crippen molar-refractivity contribution in [3.63, 3.8) is 0 Å². The molecule has 3 aromatic heterocycles. The third-order valence-electron chi connectivity index (χ3n) is 3.18. The fourth-order valence-corrected chi connectivity index (χ4v) is 2.31. The molecule has 0 fully saturated rings. The van der Waals surface area contributed by atoms with Gasteiger partial charge in [-0.25, -0.2) is 4.98 Å². The SMILES string of the molecule is Cc1ccc(CNc2nc(Cl)nc3c2ncn3C(C)C)o1. The molecular weight excluding hydrogens is 290 g/mol. The molecule has 7 heteroatoms. The lowest BCUT2D eigenvalue weighted by Gasteiger charge is -2.08. The summed E-state index contributed by atoms with van der Waals surface area (Å²) in [4.78, 5) is 12.9. The second-order valence-corrected chi connectivity index (χ2v) is 5.46. The van der Waals surface area contributed by atoms with E-state index >= 15 is 0 Å². The number of imidazole rings is 1. The molecule has 0 spiro atoms. The zero-order valence-electron chi connectivity index (χ0n) is 12.1. The highest BCUT2D eigenvalue weighted by Crippen LogP contribution is 2.23. The highest BCUT2D eigenvalue weighted by Gasteiger charge is 2.14. The van der Waals surface area contributed by atoms with E-state index in [9.17, 15) is 0 Å². The minimum absolute atomic E-state index is 0.197. The second-order valence-electron chi connectivity index (χ2n) is 5.12. The standard InChI is InChI=1S/C14H16ClN5O/c1-8(2)20-7-17-11-12(18-14(15)19-13(11)20)16-6-10-5-4-9(3)21-10/h4-5,7-8H,6H2,1-3H3,(H,16,18,19). The van der Waals surface area contributed by atoms with Crippen LogP contribution in [-0.4, -0.2) is 19.5 Å². The Balaban J connectivity index is 1.94. The molecule has 0 unspecified atom stereocenters. The Morgan fingerprint density at radius 3 is 2.81 bits per heavy atom. The predicted molar refractivity (Wildman–Crippen MR) is 81.5 cm³/mol. The van der Waals surface area contributed by atoms with Crippen LogP contribution in [0.3, 0.4) is 0 Å². The quantitative estimate of drug-likeness (QED) is 0.746. The van der Waals surface area contributed by atoms with Crippen LogP contribution in [0.5, 0.6) is 0 Å². The van der Waals surface area contributed by atoms with Crippen LogP contribution in [0.1, 0.15) is 31.4 Å². The molecule has 0 aliphatic heterocycles. The number of hydrogen-bond acceptors (Lipinski definition) is 5. The fourth-order valence-electron chi connectivity index (χ4n) is 2.14. The van der Waals surface area contributed by atoms with E-state index in [1.807, 2.05) is 23.6 Å². The van der Waals surface area contributed by atoms with E-state index in [1.54, 1.807) is 6.33 Å². The number of anilines is 1. The molecule has 6 nitrogen and oxygen atoms in total. The number of aryl methyl sites for hydroxylation is 1. The molecule has 0 saturated heterocycles. The van der Waals surface area contributed by atoms with E-state index in [0.717, 1.165) is 17.2 Å². The van der Waals surface area contributed by atoms with Crippen molar-refractivity contribution in [2.45, 2.75) is 33.4 Å².